The van der Waals surface area contributed by atoms with Gasteiger partial charge in [0, 0.05) is 25.7 Å². The summed E-state index contributed by atoms with van der Waals surface area (Å²) in [6.45, 7) is 2.04. The van der Waals surface area contributed by atoms with E-state index in [0.29, 0.717) is 54.9 Å². The highest BCUT2D eigenvalue weighted by molar-refractivity contribution is 5.90. The van der Waals surface area contributed by atoms with E-state index < -0.39 is 23.8 Å². The van der Waals surface area contributed by atoms with Gasteiger partial charge >= 0.3 is 23.9 Å². The molecule has 0 unspecified atom stereocenters. The Balaban J connectivity index is 0.000000470. The zero-order chi connectivity index (χ0) is 34.9. The van der Waals surface area contributed by atoms with Crippen LogP contribution in [0.4, 0.5) is 0 Å². The van der Waals surface area contributed by atoms with Gasteiger partial charge in [0.2, 0.25) is 11.8 Å². The lowest BCUT2D eigenvalue weighted by Gasteiger charge is -2.06. The van der Waals surface area contributed by atoms with Crippen LogP contribution in [-0.2, 0) is 28.7 Å². The summed E-state index contributed by atoms with van der Waals surface area (Å²) in [7, 11) is 1.30. The largest absolute Gasteiger partial charge is 0.465 e. The Hall–Kier alpha value is -4.82. The van der Waals surface area contributed by atoms with Crippen LogP contribution in [0.5, 0.6) is 11.5 Å². The van der Waals surface area contributed by atoms with E-state index in [-0.39, 0.29) is 37.6 Å². The molecule has 0 aliphatic carbocycles. The molecule has 258 valence electrons. The third-order valence-corrected chi connectivity index (χ3v) is 6.42. The summed E-state index contributed by atoms with van der Waals surface area (Å²) in [5.41, 5.74) is 3.95. The predicted octanol–water partition coefficient (Wildman–Crippen LogP) is 4.84. The molecule has 0 spiro atoms. The zero-order valence-corrected chi connectivity index (χ0v) is 26.8. The highest BCUT2D eigenvalue weighted by Crippen LogP contribution is 2.16. The Morgan fingerprint density at radius 3 is 1.26 bits per heavy atom. The summed E-state index contributed by atoms with van der Waals surface area (Å²) in [5, 5.41) is 16.7. The van der Waals surface area contributed by atoms with Gasteiger partial charge in [-0.1, -0.05) is 25.7 Å². The number of unbranched alkanes of at least 4 members (excludes halogenated alkanes) is 6. The van der Waals surface area contributed by atoms with E-state index in [1.165, 1.54) is 31.4 Å². The fraction of sp³-hybridized carbons (Fsp3) is 0.455. The summed E-state index contributed by atoms with van der Waals surface area (Å²) in [5.74, 6) is -1.59. The molecule has 2 aromatic carbocycles. The van der Waals surface area contributed by atoms with Crippen molar-refractivity contribution in [1.29, 1.82) is 0 Å². The van der Waals surface area contributed by atoms with Crippen molar-refractivity contribution in [2.75, 3.05) is 13.7 Å². The molecule has 47 heavy (non-hydrogen) atoms. The predicted molar refractivity (Wildman–Crippen MR) is 167 cm³/mol. The molecule has 0 bridgehead atoms. The van der Waals surface area contributed by atoms with Crippen LogP contribution < -0.4 is 20.4 Å². The Labute approximate surface area is 273 Å². The average molecular weight is 661 g/mol. The quantitative estimate of drug-likeness (QED) is 0.0526. The number of hydrogen-bond acceptors (Lipinski definition) is 12. The molecule has 14 heteroatoms. The molecule has 2 amide bonds. The molecular weight excluding hydrogens is 616 g/mol. The maximum atomic E-state index is 11.7. The van der Waals surface area contributed by atoms with Crippen LogP contribution in [0.3, 0.4) is 0 Å². The van der Waals surface area contributed by atoms with E-state index in [9.17, 15) is 28.8 Å². The number of benzene rings is 2. The first-order valence-corrected chi connectivity index (χ1v) is 15.4. The van der Waals surface area contributed by atoms with Crippen molar-refractivity contribution in [3.05, 3.63) is 59.7 Å². The standard InChI is InChI=1S/C17H23NO6.C16H21NO6/c1-2-23-17(21)13-9-11-14(12-10-13)24-16(20)8-6-4-3-5-7-15(19)18-22;1-22-16(20)12-8-10-13(11-9-12)23-15(19)7-5-3-2-4-6-14(18)17-21/h9-12,22H,2-8H2,1H3,(H,18,19);8-11,21H,2-7H2,1H3,(H,17,18). The summed E-state index contributed by atoms with van der Waals surface area (Å²) >= 11 is 0. The minimum Gasteiger partial charge on any atom is -0.465 e. The summed E-state index contributed by atoms with van der Waals surface area (Å²) < 4.78 is 19.8. The first kappa shape index (κ1) is 40.2. The Bertz CT molecular complexity index is 1260. The molecule has 0 atom stereocenters. The second kappa shape index (κ2) is 24.4. The first-order chi connectivity index (χ1) is 22.6. The number of ether oxygens (including phenoxy) is 4. The van der Waals surface area contributed by atoms with Crippen LogP contribution in [0.25, 0.3) is 0 Å². The molecule has 0 radical (unpaired) electrons. The minimum atomic E-state index is -0.447. The number of carbonyl (C=O) groups excluding carboxylic acids is 6. The number of methoxy groups -OCH3 is 1. The van der Waals surface area contributed by atoms with Gasteiger partial charge in [0.15, 0.2) is 0 Å². The third kappa shape index (κ3) is 18.7. The third-order valence-electron chi connectivity index (χ3n) is 6.42. The molecule has 4 N–H and O–H groups in total. The maximum Gasteiger partial charge on any atom is 0.338 e. The lowest BCUT2D eigenvalue weighted by Crippen LogP contribution is -2.17. The SMILES string of the molecule is CCOC(=O)c1ccc(OC(=O)CCCCCCC(=O)NO)cc1.COC(=O)c1ccc(OC(=O)CCCCCCC(=O)NO)cc1. The number of carbonyl (C=O) groups is 6. The number of hydroxylamine groups is 2. The van der Waals surface area contributed by atoms with E-state index in [2.05, 4.69) is 4.74 Å². The van der Waals surface area contributed by atoms with Gasteiger partial charge in [0.1, 0.15) is 11.5 Å². The maximum absolute atomic E-state index is 11.7. The fourth-order valence-corrected chi connectivity index (χ4v) is 3.94. The highest BCUT2D eigenvalue weighted by atomic mass is 16.5. The molecule has 0 aromatic heterocycles. The molecule has 2 aromatic rings. The van der Waals surface area contributed by atoms with Crippen LogP contribution in [0, 0.1) is 0 Å². The Morgan fingerprint density at radius 2 is 0.915 bits per heavy atom. The minimum absolute atomic E-state index is 0.271. The van der Waals surface area contributed by atoms with Crippen molar-refractivity contribution in [2.24, 2.45) is 0 Å². The van der Waals surface area contributed by atoms with Crippen molar-refractivity contribution in [2.45, 2.75) is 84.0 Å². The van der Waals surface area contributed by atoms with Gasteiger partial charge < -0.3 is 18.9 Å². The van der Waals surface area contributed by atoms with Crippen LogP contribution in [0.1, 0.15) is 105 Å². The van der Waals surface area contributed by atoms with Crippen LogP contribution >= 0.6 is 0 Å². The van der Waals surface area contributed by atoms with E-state index in [1.54, 1.807) is 42.1 Å². The second-order valence-electron chi connectivity index (χ2n) is 10.1. The fourth-order valence-electron chi connectivity index (χ4n) is 3.94. The number of nitrogens with one attached hydrogen (secondary N) is 2. The monoisotopic (exact) mass is 660 g/mol. The smallest absolute Gasteiger partial charge is 0.338 e. The van der Waals surface area contributed by atoms with Gasteiger partial charge in [-0.3, -0.25) is 29.6 Å². The number of esters is 4. The van der Waals surface area contributed by atoms with Crippen LogP contribution in [0.2, 0.25) is 0 Å². The molecule has 0 aliphatic heterocycles. The van der Waals surface area contributed by atoms with E-state index >= 15 is 0 Å². The van der Waals surface area contributed by atoms with Gasteiger partial charge in [0.05, 0.1) is 24.8 Å². The summed E-state index contributed by atoms with van der Waals surface area (Å²) in [6, 6.07) is 12.3. The number of hydrogen-bond donors (Lipinski definition) is 4. The first-order valence-electron chi connectivity index (χ1n) is 15.4. The molecule has 14 nitrogen and oxygen atoms in total. The lowest BCUT2D eigenvalue weighted by atomic mass is 10.1. The van der Waals surface area contributed by atoms with Crippen molar-refractivity contribution < 1.29 is 58.1 Å². The van der Waals surface area contributed by atoms with Crippen molar-refractivity contribution in [3.63, 3.8) is 0 Å². The van der Waals surface area contributed by atoms with Gasteiger partial charge in [-0.15, -0.1) is 0 Å². The van der Waals surface area contributed by atoms with Gasteiger partial charge in [-0.2, -0.15) is 0 Å². The Kier molecular flexibility index (Phi) is 20.9. The highest BCUT2D eigenvalue weighted by Gasteiger charge is 2.10. The second-order valence-corrected chi connectivity index (χ2v) is 10.1. The molecule has 0 heterocycles. The topological polar surface area (TPSA) is 204 Å². The lowest BCUT2D eigenvalue weighted by molar-refractivity contribution is -0.135. The molecule has 2 rings (SSSR count). The molecule has 0 saturated carbocycles. The molecule has 0 aliphatic rings. The van der Waals surface area contributed by atoms with Crippen LogP contribution in [0.15, 0.2) is 48.5 Å². The number of rotatable bonds is 19. The van der Waals surface area contributed by atoms with Gasteiger partial charge in [0.25, 0.3) is 0 Å². The number of amides is 2. The van der Waals surface area contributed by atoms with E-state index in [1.807, 2.05) is 0 Å². The van der Waals surface area contributed by atoms with E-state index in [4.69, 9.17) is 24.6 Å². The van der Waals surface area contributed by atoms with Crippen LogP contribution in [-0.4, -0.2) is 59.8 Å². The zero-order valence-electron chi connectivity index (χ0n) is 26.8. The average Bonchev–Trinajstić information content (AvgIpc) is 3.08. The van der Waals surface area contributed by atoms with Crippen molar-refractivity contribution >= 4 is 35.7 Å². The van der Waals surface area contributed by atoms with E-state index in [0.717, 1.165) is 25.7 Å². The van der Waals surface area contributed by atoms with Gasteiger partial charge in [-0.05, 0) is 81.1 Å². The summed E-state index contributed by atoms with van der Waals surface area (Å²) in [4.78, 5) is 67.7. The summed E-state index contributed by atoms with van der Waals surface area (Å²) in [6.07, 6.45) is 6.97. The molecule has 0 saturated heterocycles. The van der Waals surface area contributed by atoms with Gasteiger partial charge in [-0.25, -0.2) is 20.5 Å². The molecular formula is C33H44N2O12. The van der Waals surface area contributed by atoms with Crippen molar-refractivity contribution in [3.8, 4) is 11.5 Å². The Morgan fingerprint density at radius 1 is 0.553 bits per heavy atom. The molecule has 0 fully saturated rings. The normalized spacial score (nSPS) is 10.0. The van der Waals surface area contributed by atoms with Crippen molar-refractivity contribution in [1.82, 2.24) is 11.0 Å².